The molecule has 2 fully saturated rings. The van der Waals surface area contributed by atoms with E-state index >= 15 is 0 Å². The topological polar surface area (TPSA) is 94.3 Å². The number of hydrogen-bond acceptors (Lipinski definition) is 3. The summed E-state index contributed by atoms with van der Waals surface area (Å²) in [5, 5.41) is 6.67. The largest absolute Gasteiger partial charge is 0.361 e. The Morgan fingerprint density at radius 3 is 2.74 bits per heavy atom. The molecule has 2 aromatic rings. The number of carbonyl (C=O) groups is 3. The van der Waals surface area contributed by atoms with Crippen LogP contribution in [-0.4, -0.2) is 46.7 Å². The van der Waals surface area contributed by atoms with E-state index in [0.717, 1.165) is 42.1 Å². The molecular weight excluding hydrogens is 344 g/mol. The second kappa shape index (κ2) is 7.42. The SMILES string of the molecule is O=C(CN1CC(=O)NC(c2c[nH]c3ccccc23)C1=O)NC1CCCCC1. The first-order valence-electron chi connectivity index (χ1n) is 9.55. The van der Waals surface area contributed by atoms with Crippen LogP contribution in [0.15, 0.2) is 30.5 Å². The normalized spacial score (nSPS) is 21.3. The average molecular weight is 368 g/mol. The van der Waals surface area contributed by atoms with E-state index in [9.17, 15) is 14.4 Å². The van der Waals surface area contributed by atoms with Gasteiger partial charge in [-0.15, -0.1) is 0 Å². The third kappa shape index (κ3) is 3.67. The third-order valence-electron chi connectivity index (χ3n) is 5.44. The van der Waals surface area contributed by atoms with E-state index in [0.29, 0.717) is 0 Å². The summed E-state index contributed by atoms with van der Waals surface area (Å²) in [4.78, 5) is 42.0. The smallest absolute Gasteiger partial charge is 0.250 e. The molecule has 0 radical (unpaired) electrons. The molecule has 1 aliphatic carbocycles. The van der Waals surface area contributed by atoms with Gasteiger partial charge in [-0.25, -0.2) is 0 Å². The van der Waals surface area contributed by atoms with Crippen LogP contribution < -0.4 is 10.6 Å². The molecule has 2 aliphatic rings. The van der Waals surface area contributed by atoms with Gasteiger partial charge in [0.15, 0.2) is 0 Å². The minimum Gasteiger partial charge on any atom is -0.361 e. The van der Waals surface area contributed by atoms with Crippen molar-refractivity contribution in [2.75, 3.05) is 13.1 Å². The van der Waals surface area contributed by atoms with Crippen LogP contribution in [0.5, 0.6) is 0 Å². The fourth-order valence-electron chi connectivity index (χ4n) is 4.07. The number of benzene rings is 1. The molecule has 1 unspecified atom stereocenters. The van der Waals surface area contributed by atoms with Crippen LogP contribution >= 0.6 is 0 Å². The Kier molecular flexibility index (Phi) is 4.83. The fourth-order valence-corrected chi connectivity index (χ4v) is 4.07. The number of amides is 3. The maximum atomic E-state index is 13.0. The molecule has 7 heteroatoms. The van der Waals surface area contributed by atoms with Gasteiger partial charge in [0.05, 0.1) is 0 Å². The Morgan fingerprint density at radius 1 is 1.15 bits per heavy atom. The average Bonchev–Trinajstić information content (AvgIpc) is 3.09. The zero-order valence-corrected chi connectivity index (χ0v) is 15.2. The predicted octanol–water partition coefficient (Wildman–Crippen LogP) is 1.62. The molecule has 3 N–H and O–H groups in total. The monoisotopic (exact) mass is 368 g/mol. The number of aromatic nitrogens is 1. The highest BCUT2D eigenvalue weighted by molar-refractivity contribution is 6.00. The van der Waals surface area contributed by atoms with E-state index in [1.54, 1.807) is 6.20 Å². The molecular formula is C20H24N4O3. The van der Waals surface area contributed by atoms with E-state index in [2.05, 4.69) is 15.6 Å². The number of H-pyrrole nitrogens is 1. The number of carbonyl (C=O) groups excluding carboxylic acids is 3. The van der Waals surface area contributed by atoms with Crippen molar-refractivity contribution in [3.63, 3.8) is 0 Å². The lowest BCUT2D eigenvalue weighted by atomic mass is 9.95. The van der Waals surface area contributed by atoms with Crippen molar-refractivity contribution in [3.8, 4) is 0 Å². The molecule has 4 rings (SSSR count). The second-order valence-electron chi connectivity index (χ2n) is 7.39. The highest BCUT2D eigenvalue weighted by Gasteiger charge is 2.36. The van der Waals surface area contributed by atoms with E-state index in [1.807, 2.05) is 24.3 Å². The molecule has 1 aliphatic heterocycles. The summed E-state index contributed by atoms with van der Waals surface area (Å²) >= 11 is 0. The lowest BCUT2D eigenvalue weighted by Gasteiger charge is -2.32. The van der Waals surface area contributed by atoms with Crippen molar-refractivity contribution in [1.82, 2.24) is 20.5 Å². The number of nitrogens with zero attached hydrogens (tertiary/aromatic N) is 1. The van der Waals surface area contributed by atoms with Crippen LogP contribution in [0.1, 0.15) is 43.7 Å². The molecule has 1 aromatic heterocycles. The first-order chi connectivity index (χ1) is 13.1. The summed E-state index contributed by atoms with van der Waals surface area (Å²) in [6.45, 7) is -0.169. The first-order valence-corrected chi connectivity index (χ1v) is 9.55. The van der Waals surface area contributed by atoms with Gasteiger partial charge in [-0.3, -0.25) is 14.4 Å². The van der Waals surface area contributed by atoms with Gasteiger partial charge in [0.2, 0.25) is 11.8 Å². The molecule has 1 saturated heterocycles. The number of fused-ring (bicyclic) bond motifs is 1. The molecule has 142 valence electrons. The van der Waals surface area contributed by atoms with Crippen molar-refractivity contribution < 1.29 is 14.4 Å². The highest BCUT2D eigenvalue weighted by Crippen LogP contribution is 2.27. The second-order valence-corrected chi connectivity index (χ2v) is 7.39. The van der Waals surface area contributed by atoms with Crippen molar-refractivity contribution in [3.05, 3.63) is 36.0 Å². The number of piperazine rings is 1. The maximum Gasteiger partial charge on any atom is 0.250 e. The van der Waals surface area contributed by atoms with Crippen molar-refractivity contribution in [2.45, 2.75) is 44.2 Å². The minimum absolute atomic E-state index is 0.0817. The van der Waals surface area contributed by atoms with Crippen molar-refractivity contribution in [1.29, 1.82) is 0 Å². The highest BCUT2D eigenvalue weighted by atomic mass is 16.2. The van der Waals surface area contributed by atoms with E-state index in [1.165, 1.54) is 11.3 Å². The molecule has 1 saturated carbocycles. The van der Waals surface area contributed by atoms with E-state index in [4.69, 9.17) is 0 Å². The van der Waals surface area contributed by atoms with Crippen LogP contribution in [0, 0.1) is 0 Å². The van der Waals surface area contributed by atoms with Gasteiger partial charge < -0.3 is 20.5 Å². The summed E-state index contributed by atoms with van der Waals surface area (Å²) in [6.07, 6.45) is 7.18. The summed E-state index contributed by atoms with van der Waals surface area (Å²) in [5.74, 6) is -0.698. The Hall–Kier alpha value is -2.83. The number of nitrogens with one attached hydrogen (secondary N) is 3. The first kappa shape index (κ1) is 17.6. The van der Waals surface area contributed by atoms with Crippen molar-refractivity contribution in [2.24, 2.45) is 0 Å². The molecule has 3 amide bonds. The molecule has 0 spiro atoms. The van der Waals surface area contributed by atoms with Crippen LogP contribution in [-0.2, 0) is 14.4 Å². The van der Waals surface area contributed by atoms with Gasteiger partial charge in [0.1, 0.15) is 19.1 Å². The summed E-state index contributed by atoms with van der Waals surface area (Å²) in [5.41, 5.74) is 1.63. The van der Waals surface area contributed by atoms with Gasteiger partial charge in [0.25, 0.3) is 5.91 Å². The van der Waals surface area contributed by atoms with Gasteiger partial charge >= 0.3 is 0 Å². The third-order valence-corrected chi connectivity index (χ3v) is 5.44. The minimum atomic E-state index is -0.773. The van der Waals surface area contributed by atoms with Crippen LogP contribution in [0.3, 0.4) is 0 Å². The summed E-state index contributed by atoms with van der Waals surface area (Å²) < 4.78 is 0. The molecule has 27 heavy (non-hydrogen) atoms. The molecule has 0 bridgehead atoms. The zero-order valence-electron chi connectivity index (χ0n) is 15.2. The quantitative estimate of drug-likeness (QED) is 0.765. The summed E-state index contributed by atoms with van der Waals surface area (Å²) in [7, 11) is 0. The molecule has 2 heterocycles. The van der Waals surface area contributed by atoms with Gasteiger partial charge in [-0.1, -0.05) is 37.5 Å². The molecule has 1 aromatic carbocycles. The lowest BCUT2D eigenvalue weighted by Crippen LogP contribution is -2.56. The van der Waals surface area contributed by atoms with Crippen LogP contribution in [0.2, 0.25) is 0 Å². The van der Waals surface area contributed by atoms with Crippen LogP contribution in [0.4, 0.5) is 0 Å². The maximum absolute atomic E-state index is 13.0. The van der Waals surface area contributed by atoms with E-state index in [-0.39, 0.29) is 36.9 Å². The number of hydrogen-bond donors (Lipinski definition) is 3. The van der Waals surface area contributed by atoms with Crippen molar-refractivity contribution >= 4 is 28.6 Å². The fraction of sp³-hybridized carbons (Fsp3) is 0.450. The number of rotatable bonds is 4. The Morgan fingerprint density at radius 2 is 1.93 bits per heavy atom. The standard InChI is InChI=1S/C20H24N4O3/c25-17(22-13-6-2-1-3-7-13)11-24-12-18(26)23-19(20(24)27)15-10-21-16-9-5-4-8-14(15)16/h4-5,8-10,13,19,21H,1-3,6-7,11-12H2,(H,22,25)(H,23,26). The van der Waals surface area contributed by atoms with Gasteiger partial charge in [-0.05, 0) is 18.9 Å². The molecule has 1 atom stereocenters. The van der Waals surface area contributed by atoms with E-state index < -0.39 is 6.04 Å². The van der Waals surface area contributed by atoms with Gasteiger partial charge in [0, 0.05) is 28.7 Å². The van der Waals surface area contributed by atoms with Gasteiger partial charge in [-0.2, -0.15) is 0 Å². The molecule has 7 nitrogen and oxygen atoms in total. The number of aromatic amines is 1. The number of para-hydroxylation sites is 1. The Bertz CT molecular complexity index is 869. The predicted molar refractivity (Wildman–Crippen MR) is 101 cm³/mol. The zero-order chi connectivity index (χ0) is 18.8. The summed E-state index contributed by atoms with van der Waals surface area (Å²) in [6, 6.07) is 7.04. The Labute approximate surface area is 157 Å². The lowest BCUT2D eigenvalue weighted by molar-refractivity contribution is -0.146. The Balaban J connectivity index is 1.48. The van der Waals surface area contributed by atoms with Crippen LogP contribution in [0.25, 0.3) is 10.9 Å².